The van der Waals surface area contributed by atoms with Gasteiger partial charge >= 0.3 is 0 Å². The van der Waals surface area contributed by atoms with E-state index in [1.54, 1.807) is 0 Å². The van der Waals surface area contributed by atoms with Gasteiger partial charge in [-0.2, -0.15) is 0 Å². The first-order valence-corrected chi connectivity index (χ1v) is 12.0. The van der Waals surface area contributed by atoms with E-state index in [0.717, 1.165) is 35.6 Å². The second-order valence-corrected chi connectivity index (χ2v) is 9.24. The van der Waals surface area contributed by atoms with Gasteiger partial charge in [0, 0.05) is 0 Å². The Bertz CT molecular complexity index is 1530. The van der Waals surface area contributed by atoms with E-state index in [1.165, 1.54) is 44.5 Å². The molecule has 0 atom stereocenters. The van der Waals surface area contributed by atoms with E-state index in [9.17, 15) is 0 Å². The largest absolute Gasteiger partial charge is 0.353 e. The van der Waals surface area contributed by atoms with Crippen LogP contribution in [-0.4, -0.2) is 17.4 Å². The smallest absolute Gasteiger partial charge is 0.0633 e. The number of H-pyrrole nitrogens is 1. The molecule has 0 unspecified atom stereocenters. The molecule has 0 fully saturated rings. The van der Waals surface area contributed by atoms with Crippen molar-refractivity contribution < 1.29 is 0 Å². The summed E-state index contributed by atoms with van der Waals surface area (Å²) >= 11 is 0. The van der Waals surface area contributed by atoms with E-state index in [4.69, 9.17) is 9.98 Å². The molecule has 4 aromatic carbocycles. The summed E-state index contributed by atoms with van der Waals surface area (Å²) < 4.78 is 0. The van der Waals surface area contributed by atoms with E-state index in [2.05, 4.69) is 89.9 Å². The topological polar surface area (TPSA) is 40.5 Å². The highest BCUT2D eigenvalue weighted by atomic mass is 14.8. The van der Waals surface area contributed by atoms with Crippen LogP contribution in [0, 0.1) is 0 Å². The van der Waals surface area contributed by atoms with E-state index in [1.807, 2.05) is 24.6 Å². The Morgan fingerprint density at radius 2 is 0.943 bits per heavy atom. The predicted molar refractivity (Wildman–Crippen MR) is 145 cm³/mol. The average molecular weight is 450 g/mol. The Kier molecular flexibility index (Phi) is 4.59. The Morgan fingerprint density at radius 1 is 0.486 bits per heavy atom. The number of hydrogen-bond donors (Lipinski definition) is 1. The summed E-state index contributed by atoms with van der Waals surface area (Å²) in [5.41, 5.74) is 14.7. The first-order valence-electron chi connectivity index (χ1n) is 12.0. The summed E-state index contributed by atoms with van der Waals surface area (Å²) in [6.07, 6.45) is 5.72. The van der Waals surface area contributed by atoms with Gasteiger partial charge in [-0.1, -0.05) is 60.7 Å². The van der Waals surface area contributed by atoms with Gasteiger partial charge in [0.1, 0.15) is 0 Å². The third kappa shape index (κ3) is 3.62. The van der Waals surface area contributed by atoms with Crippen molar-refractivity contribution in [3.8, 4) is 22.3 Å². The number of nitrogens with zero attached hydrogens (tertiary/aromatic N) is 2. The number of nitrogens with one attached hydrogen (secondary N) is 1. The number of fused-ring (bicyclic) bond motifs is 6. The third-order valence-corrected chi connectivity index (χ3v) is 6.99. The van der Waals surface area contributed by atoms with Crippen LogP contribution in [0.1, 0.15) is 33.6 Å². The minimum atomic E-state index is 0.958. The molecule has 5 aromatic rings. The zero-order valence-corrected chi connectivity index (χ0v) is 19.2. The van der Waals surface area contributed by atoms with Crippen molar-refractivity contribution in [2.75, 3.05) is 0 Å². The Balaban J connectivity index is 1.06. The van der Waals surface area contributed by atoms with Crippen molar-refractivity contribution >= 4 is 23.8 Å². The molecule has 2 aliphatic carbocycles. The molecule has 3 heteroatoms. The van der Waals surface area contributed by atoms with Crippen LogP contribution in [0.3, 0.4) is 0 Å². The molecule has 0 saturated carbocycles. The lowest BCUT2D eigenvalue weighted by Gasteiger charge is -2.01. The van der Waals surface area contributed by atoms with E-state index < -0.39 is 0 Å². The summed E-state index contributed by atoms with van der Waals surface area (Å²) in [7, 11) is 0. The number of benzene rings is 4. The van der Waals surface area contributed by atoms with Gasteiger partial charge in [0.15, 0.2) is 0 Å². The molecule has 0 bridgehead atoms. The highest BCUT2D eigenvalue weighted by Gasteiger charge is 2.18. The van der Waals surface area contributed by atoms with Crippen molar-refractivity contribution in [2.24, 2.45) is 9.98 Å². The maximum atomic E-state index is 4.71. The van der Waals surface area contributed by atoms with Gasteiger partial charge in [0.05, 0.1) is 35.2 Å². The maximum Gasteiger partial charge on any atom is 0.0633 e. The molecule has 3 nitrogen and oxygen atoms in total. The zero-order chi connectivity index (χ0) is 23.2. The van der Waals surface area contributed by atoms with Crippen molar-refractivity contribution in [1.82, 2.24) is 4.98 Å². The van der Waals surface area contributed by atoms with Gasteiger partial charge in [0.2, 0.25) is 0 Å². The molecule has 0 radical (unpaired) electrons. The molecule has 35 heavy (non-hydrogen) atoms. The molecule has 166 valence electrons. The quantitative estimate of drug-likeness (QED) is 0.268. The number of aromatic amines is 1. The number of aromatic nitrogens is 1. The molecular weight excluding hydrogens is 426 g/mol. The Morgan fingerprint density at radius 3 is 1.46 bits per heavy atom. The number of rotatable bonds is 4. The Hall–Kier alpha value is -4.50. The van der Waals surface area contributed by atoms with E-state index in [-0.39, 0.29) is 0 Å². The lowest BCUT2D eigenvalue weighted by Crippen LogP contribution is -1.85. The first kappa shape index (κ1) is 19.9. The van der Waals surface area contributed by atoms with Crippen molar-refractivity contribution in [3.05, 3.63) is 131 Å². The number of aliphatic imine (C=N–C) groups is 2. The van der Waals surface area contributed by atoms with Crippen LogP contribution in [0.25, 0.3) is 22.3 Å². The van der Waals surface area contributed by atoms with Crippen LogP contribution < -0.4 is 0 Å². The van der Waals surface area contributed by atoms with Crippen molar-refractivity contribution in [2.45, 2.75) is 12.8 Å². The van der Waals surface area contributed by atoms with Crippen LogP contribution >= 0.6 is 0 Å². The fourth-order valence-electron chi connectivity index (χ4n) is 5.29. The molecule has 0 aliphatic heterocycles. The predicted octanol–water partition coefficient (Wildman–Crippen LogP) is 7.66. The van der Waals surface area contributed by atoms with Gasteiger partial charge in [-0.05, 0) is 93.7 Å². The van der Waals surface area contributed by atoms with Crippen LogP contribution in [0.5, 0.6) is 0 Å². The molecule has 2 aliphatic rings. The number of hydrogen-bond acceptors (Lipinski definition) is 2. The molecule has 7 rings (SSSR count). The van der Waals surface area contributed by atoms with E-state index in [0.29, 0.717) is 0 Å². The van der Waals surface area contributed by atoms with Gasteiger partial charge in [-0.15, -0.1) is 0 Å². The molecule has 1 aromatic heterocycles. The monoisotopic (exact) mass is 449 g/mol. The minimum absolute atomic E-state index is 0.958. The fraction of sp³-hybridized carbons (Fsp3) is 0.0625. The summed E-state index contributed by atoms with van der Waals surface area (Å²) in [6, 6.07) is 34.3. The first-order chi connectivity index (χ1) is 17.3. The van der Waals surface area contributed by atoms with Gasteiger partial charge in [-0.3, -0.25) is 9.98 Å². The second kappa shape index (κ2) is 8.07. The summed E-state index contributed by atoms with van der Waals surface area (Å²) in [5, 5.41) is 0. The summed E-state index contributed by atoms with van der Waals surface area (Å²) in [5.74, 6) is 0. The molecule has 1 heterocycles. The third-order valence-electron chi connectivity index (χ3n) is 6.99. The van der Waals surface area contributed by atoms with Gasteiger partial charge in [-0.25, -0.2) is 0 Å². The maximum absolute atomic E-state index is 4.71. The van der Waals surface area contributed by atoms with Crippen LogP contribution in [0.15, 0.2) is 107 Å². The fourth-order valence-corrected chi connectivity index (χ4v) is 5.29. The molecule has 0 saturated heterocycles. The van der Waals surface area contributed by atoms with Gasteiger partial charge < -0.3 is 4.98 Å². The van der Waals surface area contributed by atoms with Gasteiger partial charge in [0.25, 0.3) is 0 Å². The summed E-state index contributed by atoms with van der Waals surface area (Å²) in [4.78, 5) is 12.8. The second-order valence-electron chi connectivity index (χ2n) is 9.24. The lowest BCUT2D eigenvalue weighted by molar-refractivity contribution is 1.26. The molecule has 0 amide bonds. The van der Waals surface area contributed by atoms with Crippen LogP contribution in [-0.2, 0) is 12.8 Å². The van der Waals surface area contributed by atoms with Crippen molar-refractivity contribution in [3.63, 3.8) is 0 Å². The van der Waals surface area contributed by atoms with Crippen LogP contribution in [0.4, 0.5) is 11.4 Å². The van der Waals surface area contributed by atoms with Crippen molar-refractivity contribution in [1.29, 1.82) is 0 Å². The standard InChI is InChI=1S/C32H23N3/c1-3-7-29-21(5-1)15-23-17-25(11-13-31(23)29)33-19-27-9-10-28(35-27)20-34-26-12-14-32-24(18-26)16-22-6-2-4-8-30(22)32/h1-14,17-20,35H,15-16H2. The highest BCUT2D eigenvalue weighted by molar-refractivity contribution is 5.86. The van der Waals surface area contributed by atoms with Crippen LogP contribution in [0.2, 0.25) is 0 Å². The molecule has 1 N–H and O–H groups in total. The molecule has 0 spiro atoms. The van der Waals surface area contributed by atoms with E-state index >= 15 is 0 Å². The lowest BCUT2D eigenvalue weighted by atomic mass is 10.1. The summed E-state index contributed by atoms with van der Waals surface area (Å²) in [6.45, 7) is 0. The zero-order valence-electron chi connectivity index (χ0n) is 19.2. The minimum Gasteiger partial charge on any atom is -0.353 e. The highest BCUT2D eigenvalue weighted by Crippen LogP contribution is 2.39. The molecular formula is C32H23N3. The average Bonchev–Trinajstić information content (AvgIpc) is 3.60. The Labute approximate surface area is 204 Å². The SMILES string of the molecule is C(=Nc1ccc2c(c1)Cc1ccccc1-2)c1ccc(C=Nc2ccc3c(c2)Cc2ccccc2-3)[nH]1. The normalized spacial score (nSPS) is 13.3.